The molecule has 2 heterocycles. The number of aromatic nitrogens is 1. The van der Waals surface area contributed by atoms with Crippen molar-refractivity contribution >= 4 is 22.5 Å². The first kappa shape index (κ1) is 13.4. The second kappa shape index (κ2) is 5.05. The Kier molecular flexibility index (Phi) is 3.22. The molecule has 1 N–H and O–H groups in total. The van der Waals surface area contributed by atoms with Gasteiger partial charge >= 0.3 is 0 Å². The zero-order valence-corrected chi connectivity index (χ0v) is 12.2. The van der Waals surface area contributed by atoms with E-state index in [2.05, 4.69) is 10.3 Å². The smallest absolute Gasteiger partial charge is 0.221 e. The lowest BCUT2D eigenvalue weighted by Gasteiger charge is -2.08. The van der Waals surface area contributed by atoms with E-state index < -0.39 is 0 Å². The van der Waals surface area contributed by atoms with Gasteiger partial charge in [0.05, 0.1) is 5.52 Å². The number of aryl methyl sites for hydroxylation is 2. The Bertz CT molecular complexity index is 834. The Morgan fingerprint density at radius 2 is 1.95 bits per heavy atom. The third-order valence-corrected chi connectivity index (χ3v) is 3.33. The van der Waals surface area contributed by atoms with E-state index >= 15 is 0 Å². The van der Waals surface area contributed by atoms with Crippen molar-refractivity contribution in [3.8, 4) is 11.5 Å². The molecule has 0 fully saturated rings. The standard InChI is InChI=1S/C17H16N2O2/c1-10-8-16(17-7-4-11(2)21-17)19-15-6-5-13(9-14(10)15)18-12(3)20/h4-9H,1-3H3,(H,18,20). The van der Waals surface area contributed by atoms with E-state index in [1.165, 1.54) is 6.92 Å². The molecule has 0 saturated heterocycles. The number of furan rings is 1. The monoisotopic (exact) mass is 280 g/mol. The molecule has 0 saturated carbocycles. The van der Waals surface area contributed by atoms with Crippen LogP contribution in [0.4, 0.5) is 5.69 Å². The highest BCUT2D eigenvalue weighted by Gasteiger charge is 2.09. The van der Waals surface area contributed by atoms with Crippen molar-refractivity contribution in [2.45, 2.75) is 20.8 Å². The third kappa shape index (κ3) is 2.65. The summed E-state index contributed by atoms with van der Waals surface area (Å²) in [7, 11) is 0. The molecule has 0 aliphatic rings. The number of amides is 1. The topological polar surface area (TPSA) is 55.1 Å². The van der Waals surface area contributed by atoms with Gasteiger partial charge in [0.2, 0.25) is 5.91 Å². The second-order valence-electron chi connectivity index (χ2n) is 5.15. The lowest BCUT2D eigenvalue weighted by Crippen LogP contribution is -2.05. The van der Waals surface area contributed by atoms with Crippen LogP contribution < -0.4 is 5.32 Å². The lowest BCUT2D eigenvalue weighted by atomic mass is 10.1. The summed E-state index contributed by atoms with van der Waals surface area (Å²) in [5.74, 6) is 1.55. The first-order valence-corrected chi connectivity index (χ1v) is 6.79. The summed E-state index contributed by atoms with van der Waals surface area (Å²) in [6.07, 6.45) is 0. The number of pyridine rings is 1. The molecule has 0 atom stereocenters. The predicted molar refractivity (Wildman–Crippen MR) is 83.2 cm³/mol. The number of carbonyl (C=O) groups excluding carboxylic acids is 1. The van der Waals surface area contributed by atoms with Gasteiger partial charge in [-0.25, -0.2) is 4.98 Å². The maximum atomic E-state index is 11.1. The molecule has 4 nitrogen and oxygen atoms in total. The summed E-state index contributed by atoms with van der Waals surface area (Å²) in [5.41, 5.74) is 3.58. The molecule has 0 bridgehead atoms. The molecule has 1 amide bonds. The Hall–Kier alpha value is -2.62. The molecule has 2 aromatic heterocycles. The highest BCUT2D eigenvalue weighted by atomic mass is 16.3. The van der Waals surface area contributed by atoms with E-state index in [9.17, 15) is 4.79 Å². The molecule has 0 radical (unpaired) electrons. The second-order valence-corrected chi connectivity index (χ2v) is 5.15. The van der Waals surface area contributed by atoms with E-state index in [0.717, 1.165) is 39.4 Å². The van der Waals surface area contributed by atoms with Gasteiger partial charge in [0.25, 0.3) is 0 Å². The van der Waals surface area contributed by atoms with Gasteiger partial charge in [-0.05, 0) is 55.8 Å². The van der Waals surface area contributed by atoms with Crippen LogP contribution in [0.1, 0.15) is 18.2 Å². The minimum Gasteiger partial charge on any atom is -0.460 e. The molecule has 0 spiro atoms. The number of nitrogens with one attached hydrogen (secondary N) is 1. The quantitative estimate of drug-likeness (QED) is 0.769. The molecular formula is C17H16N2O2. The molecular weight excluding hydrogens is 264 g/mol. The minimum atomic E-state index is -0.0809. The van der Waals surface area contributed by atoms with Crippen molar-refractivity contribution in [3.05, 3.63) is 47.7 Å². The van der Waals surface area contributed by atoms with Crippen LogP contribution in [-0.4, -0.2) is 10.9 Å². The van der Waals surface area contributed by atoms with Crippen molar-refractivity contribution in [2.75, 3.05) is 5.32 Å². The molecule has 0 aliphatic carbocycles. The number of carbonyl (C=O) groups is 1. The van der Waals surface area contributed by atoms with Gasteiger partial charge in [-0.2, -0.15) is 0 Å². The number of hydrogen-bond acceptors (Lipinski definition) is 3. The lowest BCUT2D eigenvalue weighted by molar-refractivity contribution is -0.114. The zero-order valence-electron chi connectivity index (χ0n) is 12.2. The van der Waals surface area contributed by atoms with Gasteiger partial charge in [-0.1, -0.05) is 0 Å². The number of rotatable bonds is 2. The van der Waals surface area contributed by atoms with Gasteiger partial charge in [0.1, 0.15) is 11.5 Å². The number of hydrogen-bond donors (Lipinski definition) is 1. The van der Waals surface area contributed by atoms with Crippen LogP contribution in [-0.2, 0) is 4.79 Å². The van der Waals surface area contributed by atoms with Crippen LogP contribution in [0.15, 0.2) is 40.8 Å². The van der Waals surface area contributed by atoms with Gasteiger partial charge in [0, 0.05) is 18.0 Å². The zero-order chi connectivity index (χ0) is 15.0. The molecule has 1 aromatic carbocycles. The highest BCUT2D eigenvalue weighted by molar-refractivity contribution is 5.93. The third-order valence-electron chi connectivity index (χ3n) is 3.33. The molecule has 21 heavy (non-hydrogen) atoms. The average molecular weight is 280 g/mol. The van der Waals surface area contributed by atoms with E-state index in [4.69, 9.17) is 4.42 Å². The van der Waals surface area contributed by atoms with Crippen molar-refractivity contribution < 1.29 is 9.21 Å². The molecule has 4 heteroatoms. The van der Waals surface area contributed by atoms with Crippen LogP contribution in [0.25, 0.3) is 22.4 Å². The summed E-state index contributed by atoms with van der Waals surface area (Å²) in [6, 6.07) is 11.6. The highest BCUT2D eigenvalue weighted by Crippen LogP contribution is 2.27. The fraction of sp³-hybridized carbons (Fsp3) is 0.176. The average Bonchev–Trinajstić information content (AvgIpc) is 2.85. The number of nitrogens with zero attached hydrogens (tertiary/aromatic N) is 1. The van der Waals surface area contributed by atoms with Crippen LogP contribution >= 0.6 is 0 Å². The Labute approximate surface area is 122 Å². The minimum absolute atomic E-state index is 0.0809. The SMILES string of the molecule is CC(=O)Nc1ccc2nc(-c3ccc(C)o3)cc(C)c2c1. The van der Waals surface area contributed by atoms with Crippen molar-refractivity contribution in [3.63, 3.8) is 0 Å². The van der Waals surface area contributed by atoms with Crippen molar-refractivity contribution in [1.82, 2.24) is 4.98 Å². The molecule has 0 aliphatic heterocycles. The number of anilines is 1. The summed E-state index contributed by atoms with van der Waals surface area (Å²) in [5, 5.41) is 3.81. The van der Waals surface area contributed by atoms with E-state index in [1.54, 1.807) is 0 Å². The first-order chi connectivity index (χ1) is 10.0. The van der Waals surface area contributed by atoms with Crippen molar-refractivity contribution in [1.29, 1.82) is 0 Å². The summed E-state index contributed by atoms with van der Waals surface area (Å²) >= 11 is 0. The summed E-state index contributed by atoms with van der Waals surface area (Å²) < 4.78 is 5.63. The fourth-order valence-electron chi connectivity index (χ4n) is 2.37. The van der Waals surface area contributed by atoms with E-state index in [1.807, 2.05) is 50.2 Å². The Balaban J connectivity index is 2.10. The van der Waals surface area contributed by atoms with Gasteiger partial charge in [0.15, 0.2) is 5.76 Å². The van der Waals surface area contributed by atoms with Gasteiger partial charge < -0.3 is 9.73 Å². The van der Waals surface area contributed by atoms with E-state index in [-0.39, 0.29) is 5.91 Å². The fourth-order valence-corrected chi connectivity index (χ4v) is 2.37. The largest absolute Gasteiger partial charge is 0.460 e. The molecule has 3 aromatic rings. The van der Waals surface area contributed by atoms with Gasteiger partial charge in [-0.3, -0.25) is 4.79 Å². The predicted octanol–water partition coefficient (Wildman–Crippen LogP) is 4.07. The first-order valence-electron chi connectivity index (χ1n) is 6.79. The molecule has 106 valence electrons. The number of fused-ring (bicyclic) bond motifs is 1. The molecule has 3 rings (SSSR count). The van der Waals surface area contributed by atoms with E-state index in [0.29, 0.717) is 0 Å². The van der Waals surface area contributed by atoms with Gasteiger partial charge in [-0.15, -0.1) is 0 Å². The maximum Gasteiger partial charge on any atom is 0.221 e. The number of benzene rings is 1. The van der Waals surface area contributed by atoms with Crippen LogP contribution in [0, 0.1) is 13.8 Å². The van der Waals surface area contributed by atoms with Crippen molar-refractivity contribution in [2.24, 2.45) is 0 Å². The Morgan fingerprint density at radius 3 is 2.62 bits per heavy atom. The summed E-state index contributed by atoms with van der Waals surface area (Å²) in [4.78, 5) is 15.8. The van der Waals surface area contributed by atoms with Crippen LogP contribution in [0.5, 0.6) is 0 Å². The van der Waals surface area contributed by atoms with Crippen LogP contribution in [0.3, 0.4) is 0 Å². The Morgan fingerprint density at radius 1 is 1.14 bits per heavy atom. The molecule has 0 unspecified atom stereocenters. The summed E-state index contributed by atoms with van der Waals surface area (Å²) in [6.45, 7) is 5.44. The van der Waals surface area contributed by atoms with Crippen LogP contribution in [0.2, 0.25) is 0 Å². The maximum absolute atomic E-state index is 11.1. The normalized spacial score (nSPS) is 10.8.